The number of anilines is 2. The average Bonchev–Trinajstić information content (AvgIpc) is 3.95. The van der Waals surface area contributed by atoms with Gasteiger partial charge in [0.25, 0.3) is 5.91 Å². The van der Waals surface area contributed by atoms with E-state index in [0.29, 0.717) is 35.4 Å². The summed E-state index contributed by atoms with van der Waals surface area (Å²) < 4.78 is 16.4. The molecule has 11 heteroatoms. The van der Waals surface area contributed by atoms with Crippen LogP contribution in [0.25, 0.3) is 0 Å². The van der Waals surface area contributed by atoms with Crippen molar-refractivity contribution < 1.29 is 33.4 Å². The number of ether oxygens (including phenoxy) is 3. The molecule has 3 aliphatic rings. The Morgan fingerprint density at radius 2 is 1.69 bits per heavy atom. The van der Waals surface area contributed by atoms with Gasteiger partial charge < -0.3 is 24.8 Å². The molecule has 10 nitrogen and oxygen atoms in total. The molecular formula is C34H45N3O7Si. The van der Waals surface area contributed by atoms with Crippen molar-refractivity contribution in [1.82, 2.24) is 5.32 Å². The van der Waals surface area contributed by atoms with Crippen LogP contribution >= 0.6 is 0 Å². The van der Waals surface area contributed by atoms with E-state index in [2.05, 4.69) is 30.3 Å². The van der Waals surface area contributed by atoms with Gasteiger partial charge in [-0.3, -0.25) is 19.3 Å². The van der Waals surface area contributed by atoms with Crippen molar-refractivity contribution in [3.63, 3.8) is 0 Å². The first kappa shape index (κ1) is 32.7. The summed E-state index contributed by atoms with van der Waals surface area (Å²) >= 11 is 0. The first-order valence-electron chi connectivity index (χ1n) is 15.8. The monoisotopic (exact) mass is 635 g/mol. The second-order valence-corrected chi connectivity index (χ2v) is 19.5. The molecule has 0 aromatic heterocycles. The number of nitrogens with one attached hydrogen (secondary N) is 2. The molecule has 242 valence electrons. The van der Waals surface area contributed by atoms with Crippen LogP contribution in [0.5, 0.6) is 0 Å². The minimum Gasteiger partial charge on any atom is -0.468 e. The Morgan fingerprint density at radius 3 is 2.29 bits per heavy atom. The molecule has 1 heterocycles. The minimum atomic E-state index is -1.54. The Morgan fingerprint density at radius 1 is 1.02 bits per heavy atom. The first-order chi connectivity index (χ1) is 21.4. The Labute approximate surface area is 266 Å². The largest absolute Gasteiger partial charge is 0.468 e. The van der Waals surface area contributed by atoms with Crippen LogP contribution in [-0.4, -0.2) is 58.4 Å². The fourth-order valence-electron chi connectivity index (χ4n) is 6.15. The van der Waals surface area contributed by atoms with Crippen molar-refractivity contribution in [2.75, 3.05) is 30.7 Å². The molecule has 2 N–H and O–H groups in total. The molecule has 2 fully saturated rings. The predicted molar refractivity (Wildman–Crippen MR) is 173 cm³/mol. The molecule has 5 rings (SSSR count). The first-order valence-corrected chi connectivity index (χ1v) is 19.5. The zero-order valence-electron chi connectivity index (χ0n) is 26.9. The van der Waals surface area contributed by atoms with Gasteiger partial charge in [0.05, 0.1) is 12.8 Å². The summed E-state index contributed by atoms with van der Waals surface area (Å²) in [6.45, 7) is 8.87. The molecule has 2 atom stereocenters. The second-order valence-electron chi connectivity index (χ2n) is 13.9. The number of esters is 1. The van der Waals surface area contributed by atoms with Crippen LogP contribution in [0, 0.1) is 17.8 Å². The van der Waals surface area contributed by atoms with E-state index < -0.39 is 37.5 Å². The molecule has 0 spiro atoms. The molecule has 0 unspecified atom stereocenters. The van der Waals surface area contributed by atoms with E-state index in [1.54, 1.807) is 25.1 Å². The van der Waals surface area contributed by atoms with Crippen molar-refractivity contribution in [1.29, 1.82) is 0 Å². The average molecular weight is 636 g/mol. The third-order valence-electron chi connectivity index (χ3n) is 9.06. The summed E-state index contributed by atoms with van der Waals surface area (Å²) in [6.07, 6.45) is 3.49. The number of rotatable bonds is 14. The van der Waals surface area contributed by atoms with Crippen LogP contribution in [0.2, 0.25) is 25.7 Å². The molecule has 1 aliphatic heterocycles. The van der Waals surface area contributed by atoms with E-state index in [1.165, 1.54) is 12.0 Å². The van der Waals surface area contributed by atoms with Crippen LogP contribution in [0.1, 0.15) is 43.7 Å². The maximum Gasteiger partial charge on any atom is 0.408 e. The van der Waals surface area contributed by atoms with Gasteiger partial charge in [-0.2, -0.15) is 0 Å². The van der Waals surface area contributed by atoms with E-state index in [4.69, 9.17) is 14.2 Å². The van der Waals surface area contributed by atoms with Crippen LogP contribution < -0.4 is 15.5 Å². The number of carbonyl (C=O) groups is 4. The lowest BCUT2D eigenvalue weighted by atomic mass is 9.83. The highest BCUT2D eigenvalue weighted by Crippen LogP contribution is 2.51. The minimum absolute atomic E-state index is 0.0177. The summed E-state index contributed by atoms with van der Waals surface area (Å²) in [7, 11) is -0.0929. The highest BCUT2D eigenvalue weighted by Gasteiger charge is 2.54. The molecule has 0 bridgehead atoms. The number of amides is 3. The number of methoxy groups -OCH3 is 1. The summed E-state index contributed by atoms with van der Waals surface area (Å²) in [4.78, 5) is 54.9. The molecule has 0 saturated heterocycles. The number of fused-ring (bicyclic) bond motifs is 1. The second kappa shape index (κ2) is 13.3. The fraction of sp³-hybridized carbons (Fsp3) is 0.529. The summed E-state index contributed by atoms with van der Waals surface area (Å²) in [5.74, 6) is -0.665. The van der Waals surface area contributed by atoms with Crippen LogP contribution in [0.15, 0.2) is 48.5 Å². The van der Waals surface area contributed by atoms with Gasteiger partial charge >= 0.3 is 12.1 Å². The third-order valence-corrected chi connectivity index (χ3v) is 10.8. The lowest BCUT2D eigenvalue weighted by Crippen LogP contribution is -2.50. The van der Waals surface area contributed by atoms with Gasteiger partial charge in [0.1, 0.15) is 19.4 Å². The van der Waals surface area contributed by atoms with E-state index in [-0.39, 0.29) is 25.2 Å². The maximum atomic E-state index is 13.9. The molecule has 2 aliphatic carbocycles. The van der Waals surface area contributed by atoms with Gasteiger partial charge in [-0.05, 0) is 74.1 Å². The van der Waals surface area contributed by atoms with E-state index >= 15 is 0 Å². The maximum absolute atomic E-state index is 13.9. The van der Waals surface area contributed by atoms with Crippen molar-refractivity contribution in [3.05, 3.63) is 59.7 Å². The number of benzene rings is 2. The fourth-order valence-corrected chi connectivity index (χ4v) is 6.91. The topological polar surface area (TPSA) is 123 Å². The molecule has 0 radical (unpaired) electrons. The van der Waals surface area contributed by atoms with Crippen molar-refractivity contribution >= 4 is 43.3 Å². The molecular weight excluding hydrogens is 590 g/mol. The van der Waals surface area contributed by atoms with Gasteiger partial charge in [-0.1, -0.05) is 56.0 Å². The number of hydrogen-bond acceptors (Lipinski definition) is 7. The predicted octanol–water partition coefficient (Wildman–Crippen LogP) is 5.45. The molecule has 3 amide bonds. The van der Waals surface area contributed by atoms with E-state index in [0.717, 1.165) is 37.3 Å². The number of nitrogens with zero attached hydrogens (tertiary/aromatic N) is 1. The molecule has 2 aromatic rings. The summed E-state index contributed by atoms with van der Waals surface area (Å²) in [6, 6.07) is 14.6. The van der Waals surface area contributed by atoms with Gasteiger partial charge in [-0.15, -0.1) is 0 Å². The standard InChI is InChI=1S/C34H45N3O7Si/c1-34(32(40)42-2)26-16-15-25(19-27(26)37(31(34)39)21-43-17-18-45(3,4)5)35-30(38)29(28(23-11-12-23)24-13-14-24)36-33(41)44-20-22-9-7-6-8-10-22/h6-10,15-16,19,23-24,28-29H,11-14,17-18,20-21H2,1-5H3,(H,35,38)(H,36,41)/t29-,34+/m0/s1. The Hall–Kier alpha value is -3.70. The highest BCUT2D eigenvalue weighted by atomic mass is 28.3. The lowest BCUT2D eigenvalue weighted by molar-refractivity contribution is -0.150. The van der Waals surface area contributed by atoms with Crippen molar-refractivity contribution in [2.24, 2.45) is 17.8 Å². The number of alkyl carbamates (subject to hydrolysis) is 1. The van der Waals surface area contributed by atoms with Crippen molar-refractivity contribution in [3.8, 4) is 0 Å². The van der Waals surface area contributed by atoms with E-state index in [9.17, 15) is 19.2 Å². The zero-order chi connectivity index (χ0) is 32.4. The molecule has 2 saturated carbocycles. The summed E-state index contributed by atoms with van der Waals surface area (Å²) in [5, 5.41) is 5.88. The number of hydrogen-bond donors (Lipinski definition) is 2. The quantitative estimate of drug-likeness (QED) is 0.123. The van der Waals surface area contributed by atoms with Crippen LogP contribution in [0.4, 0.5) is 16.2 Å². The van der Waals surface area contributed by atoms with Crippen LogP contribution in [0.3, 0.4) is 0 Å². The van der Waals surface area contributed by atoms with Gasteiger partial charge in [0, 0.05) is 25.9 Å². The Kier molecular flexibility index (Phi) is 9.69. The SMILES string of the molecule is COC(=O)[C@@]1(C)C(=O)N(COCC[Si](C)(C)C)c2cc(NC(=O)[C@@H](NC(=O)OCc3ccccc3)C(C3CC3)C3CC3)ccc21. The van der Waals surface area contributed by atoms with Gasteiger partial charge in [-0.25, -0.2) is 4.79 Å². The zero-order valence-corrected chi connectivity index (χ0v) is 27.9. The van der Waals surface area contributed by atoms with Gasteiger partial charge in [0.15, 0.2) is 5.41 Å². The van der Waals surface area contributed by atoms with Gasteiger partial charge in [0.2, 0.25) is 5.91 Å². The normalized spacial score (nSPS) is 20.0. The number of carbonyl (C=O) groups excluding carboxylic acids is 4. The molecule has 45 heavy (non-hydrogen) atoms. The Bertz CT molecular complexity index is 1410. The smallest absolute Gasteiger partial charge is 0.408 e. The van der Waals surface area contributed by atoms with Crippen molar-refractivity contribution in [2.45, 2.75) is 76.4 Å². The van der Waals surface area contributed by atoms with E-state index in [1.807, 2.05) is 30.3 Å². The Balaban J connectivity index is 1.35. The lowest BCUT2D eigenvalue weighted by Gasteiger charge is -2.27. The summed E-state index contributed by atoms with van der Waals surface area (Å²) in [5.41, 5.74) is 0.730. The third kappa shape index (κ3) is 7.58. The van der Waals surface area contributed by atoms with Crippen LogP contribution in [-0.2, 0) is 40.6 Å². The molecule has 2 aromatic carbocycles. The highest BCUT2D eigenvalue weighted by molar-refractivity contribution is 6.76.